The third kappa shape index (κ3) is 9.50. The number of rotatable bonds is 11. The Balaban J connectivity index is 2.29. The lowest BCUT2D eigenvalue weighted by Crippen LogP contribution is -2.67. The highest BCUT2D eigenvalue weighted by atomic mass is 16.7. The zero-order valence-corrected chi connectivity index (χ0v) is 29.8. The van der Waals surface area contributed by atoms with Gasteiger partial charge < -0.3 is 47.4 Å². The molecule has 21 nitrogen and oxygen atoms in total. The van der Waals surface area contributed by atoms with Crippen LogP contribution in [0.1, 0.15) is 62.3 Å². The molecular weight excluding hydrogens is 704 g/mol. The molecule has 0 aromatic heterocycles. The molecule has 288 valence electrons. The lowest BCUT2D eigenvalue weighted by atomic mass is 9.96. The van der Waals surface area contributed by atoms with Crippen LogP contribution in [0.4, 0.5) is 0 Å². The van der Waals surface area contributed by atoms with Gasteiger partial charge in [0.15, 0.2) is 42.9 Å². The topological polar surface area (TPSA) is 262 Å². The van der Waals surface area contributed by atoms with Crippen molar-refractivity contribution in [3.05, 3.63) is 0 Å². The number of carbonyl (C=O) groups is 9. The van der Waals surface area contributed by atoms with Crippen LogP contribution in [-0.4, -0.2) is 138 Å². The molecule has 0 spiro atoms. The van der Waals surface area contributed by atoms with Gasteiger partial charge in [-0.2, -0.15) is 0 Å². The Bertz CT molecular complexity index is 1510. The smallest absolute Gasteiger partial charge is 0.303 e. The van der Waals surface area contributed by atoms with Crippen molar-refractivity contribution in [2.45, 2.75) is 123 Å². The van der Waals surface area contributed by atoms with Gasteiger partial charge in [0.05, 0.1) is 0 Å². The van der Waals surface area contributed by atoms with Crippen LogP contribution in [0.15, 0.2) is 4.99 Å². The molecule has 0 bridgehead atoms. The van der Waals surface area contributed by atoms with Gasteiger partial charge in [-0.3, -0.25) is 43.2 Å². The van der Waals surface area contributed by atoms with Crippen LogP contribution >= 0.6 is 0 Å². The molecule has 52 heavy (non-hydrogen) atoms. The Kier molecular flexibility index (Phi) is 13.3. The van der Waals surface area contributed by atoms with Crippen LogP contribution in [0.5, 0.6) is 0 Å². The van der Waals surface area contributed by atoms with Crippen molar-refractivity contribution in [3.8, 4) is 0 Å². The Morgan fingerprint density at radius 1 is 0.577 bits per heavy atom. The normalized spacial score (nSPS) is 30.2. The minimum Gasteiger partial charge on any atom is -0.463 e. The third-order valence-corrected chi connectivity index (χ3v) is 7.61. The Labute approximate surface area is 296 Å². The van der Waals surface area contributed by atoms with Gasteiger partial charge >= 0.3 is 47.8 Å². The van der Waals surface area contributed by atoms with Gasteiger partial charge in [-0.15, -0.1) is 0 Å². The maximum atomic E-state index is 13.6. The molecule has 0 N–H and O–H groups in total. The molecule has 1 saturated carbocycles. The van der Waals surface area contributed by atoms with E-state index in [4.69, 9.17) is 47.4 Å². The molecule has 0 unspecified atom stereocenters. The number of aliphatic imine (C=N–C) groups is 1. The molecule has 2 aliphatic heterocycles. The largest absolute Gasteiger partial charge is 0.463 e. The summed E-state index contributed by atoms with van der Waals surface area (Å²) in [4.78, 5) is 117. The average Bonchev–Trinajstić information content (AvgIpc) is 3.45. The molecule has 1 aliphatic carbocycles. The van der Waals surface area contributed by atoms with Crippen LogP contribution in [0, 0.1) is 0 Å². The van der Waals surface area contributed by atoms with Crippen molar-refractivity contribution < 1.29 is 90.5 Å². The zero-order valence-electron chi connectivity index (χ0n) is 29.8. The van der Waals surface area contributed by atoms with Gasteiger partial charge in [0.25, 0.3) is 6.02 Å². The zero-order chi connectivity index (χ0) is 39.2. The predicted octanol–water partition coefficient (Wildman–Crippen LogP) is -1.22. The first kappa shape index (κ1) is 41.1. The van der Waals surface area contributed by atoms with E-state index in [2.05, 4.69) is 4.99 Å². The minimum absolute atomic E-state index is 0.639. The molecule has 1 amide bonds. The van der Waals surface area contributed by atoms with E-state index in [9.17, 15) is 43.2 Å². The second-order valence-corrected chi connectivity index (χ2v) is 11.9. The van der Waals surface area contributed by atoms with Crippen LogP contribution in [0.25, 0.3) is 0 Å². The molecule has 2 fully saturated rings. The average molecular weight is 745 g/mol. The van der Waals surface area contributed by atoms with E-state index in [1.165, 1.54) is 0 Å². The summed E-state index contributed by atoms with van der Waals surface area (Å²) in [5.74, 6) is -8.15. The number of amides is 1. The SMILES string of the molecule is CC(=O)OC[C@H]1O[C@H](N(C(C)=O)C2=N[C@@H]3[C@H](OC(C)=O)[C@@H](OC(C)=O)[C@@H](OC(C)=O)[C@]3(COC(C)=O)O2)[C@H](OC(C)=O)[C@@H](OC(C)=O)[C@@H]1OC(C)=O. The molecule has 1 saturated heterocycles. The van der Waals surface area contributed by atoms with Crippen molar-refractivity contribution in [2.24, 2.45) is 4.99 Å². The van der Waals surface area contributed by atoms with Crippen LogP contribution in [0.2, 0.25) is 0 Å². The first-order chi connectivity index (χ1) is 24.2. The molecule has 10 atom stereocenters. The Hall–Kier alpha value is -5.34. The van der Waals surface area contributed by atoms with E-state index in [1.807, 2.05) is 0 Å². The molecule has 0 aromatic carbocycles. The van der Waals surface area contributed by atoms with Gasteiger partial charge in [0.2, 0.25) is 11.5 Å². The third-order valence-electron chi connectivity index (χ3n) is 7.61. The Morgan fingerprint density at radius 2 is 1.04 bits per heavy atom. The van der Waals surface area contributed by atoms with Crippen molar-refractivity contribution in [2.75, 3.05) is 13.2 Å². The van der Waals surface area contributed by atoms with E-state index < -0.39 is 133 Å². The first-order valence-corrected chi connectivity index (χ1v) is 15.7. The number of hydrogen-bond acceptors (Lipinski definition) is 20. The van der Waals surface area contributed by atoms with E-state index in [0.29, 0.717) is 4.90 Å². The number of ether oxygens (including phenoxy) is 10. The maximum absolute atomic E-state index is 13.6. The predicted molar refractivity (Wildman–Crippen MR) is 163 cm³/mol. The molecular formula is C31H40N2O19. The highest BCUT2D eigenvalue weighted by molar-refractivity contribution is 5.95. The molecule has 2 heterocycles. The van der Waals surface area contributed by atoms with Crippen LogP contribution in [-0.2, 0) is 90.5 Å². The number of fused-ring (bicyclic) bond motifs is 1. The van der Waals surface area contributed by atoms with Crippen molar-refractivity contribution in [3.63, 3.8) is 0 Å². The summed E-state index contributed by atoms with van der Waals surface area (Å²) in [5.41, 5.74) is -2.15. The van der Waals surface area contributed by atoms with Gasteiger partial charge in [-0.25, -0.2) is 9.89 Å². The summed E-state index contributed by atoms with van der Waals surface area (Å²) < 4.78 is 55.5. The number of carbonyl (C=O) groups excluding carboxylic acids is 9. The van der Waals surface area contributed by atoms with Crippen molar-refractivity contribution in [1.82, 2.24) is 4.90 Å². The summed E-state index contributed by atoms with van der Waals surface area (Å²) >= 11 is 0. The van der Waals surface area contributed by atoms with Crippen LogP contribution in [0.3, 0.4) is 0 Å². The number of nitrogens with zero attached hydrogens (tertiary/aromatic N) is 2. The summed E-state index contributed by atoms with van der Waals surface area (Å²) in [5, 5.41) is 0. The fraction of sp³-hybridized carbons (Fsp3) is 0.677. The van der Waals surface area contributed by atoms with Gasteiger partial charge in [0.1, 0.15) is 25.4 Å². The molecule has 0 aromatic rings. The van der Waals surface area contributed by atoms with E-state index >= 15 is 0 Å². The van der Waals surface area contributed by atoms with Crippen molar-refractivity contribution in [1.29, 1.82) is 0 Å². The standard InChI is InChI=1S/C31H40N2O19/c1-12(34)33(29-26(49-19(8)41)23(46-16(5)38)22(45-15(4)37)21(51-29)10-43-13(2)35)30-32-27-24(47-17(6)39)25(48-18(7)40)28(50-20(9)42)31(27,52-30)11-44-14(3)36/h21-29H,10-11H2,1-9H3/t21-,22-,23+,24-,25-,26-,27-,28-,29+,31-/m1/s1. The quantitative estimate of drug-likeness (QED) is 0.177. The number of esters is 8. The second-order valence-electron chi connectivity index (χ2n) is 11.9. The lowest BCUT2D eigenvalue weighted by Gasteiger charge is -2.47. The first-order valence-electron chi connectivity index (χ1n) is 15.7. The monoisotopic (exact) mass is 744 g/mol. The lowest BCUT2D eigenvalue weighted by molar-refractivity contribution is -0.271. The van der Waals surface area contributed by atoms with E-state index in [1.54, 1.807) is 0 Å². The molecule has 3 aliphatic rings. The van der Waals surface area contributed by atoms with Gasteiger partial charge in [0, 0.05) is 62.3 Å². The summed E-state index contributed by atoms with van der Waals surface area (Å²) in [7, 11) is 0. The fourth-order valence-electron chi connectivity index (χ4n) is 6.04. The molecule has 3 rings (SSSR count). The van der Waals surface area contributed by atoms with Gasteiger partial charge in [-0.1, -0.05) is 0 Å². The second kappa shape index (κ2) is 16.8. The highest BCUT2D eigenvalue weighted by Crippen LogP contribution is 2.47. The summed E-state index contributed by atoms with van der Waals surface area (Å²) in [6.07, 6.45) is -13.3. The number of amidine groups is 1. The maximum Gasteiger partial charge on any atom is 0.303 e. The highest BCUT2D eigenvalue weighted by Gasteiger charge is 2.72. The molecule has 0 radical (unpaired) electrons. The fourth-order valence-corrected chi connectivity index (χ4v) is 6.04. The van der Waals surface area contributed by atoms with Crippen LogP contribution < -0.4 is 0 Å². The summed E-state index contributed by atoms with van der Waals surface area (Å²) in [6, 6.07) is -2.21. The number of hydrogen-bond donors (Lipinski definition) is 0. The Morgan fingerprint density at radius 3 is 1.52 bits per heavy atom. The van der Waals surface area contributed by atoms with E-state index in [0.717, 1.165) is 62.3 Å². The van der Waals surface area contributed by atoms with E-state index in [-0.39, 0.29) is 0 Å². The van der Waals surface area contributed by atoms with Gasteiger partial charge in [-0.05, 0) is 0 Å². The summed E-state index contributed by atoms with van der Waals surface area (Å²) in [6.45, 7) is 7.76. The van der Waals surface area contributed by atoms with Crippen molar-refractivity contribution >= 4 is 59.7 Å². The minimum atomic E-state index is -2.15. The molecule has 21 heteroatoms.